The van der Waals surface area contributed by atoms with Crippen molar-refractivity contribution in [2.75, 3.05) is 0 Å². The second-order valence-corrected chi connectivity index (χ2v) is 2.68. The average Bonchev–Trinajstić information content (AvgIpc) is 2.68. The van der Waals surface area contributed by atoms with E-state index in [-0.39, 0.29) is 5.69 Å². The molecule has 0 radical (unpaired) electrons. The maximum absolute atomic E-state index is 10.6. The molecule has 5 nitrogen and oxygen atoms in total. The predicted molar refractivity (Wildman–Crippen MR) is 48.3 cm³/mol. The topological polar surface area (TPSA) is 68.0 Å². The monoisotopic (exact) mass is 189 g/mol. The lowest BCUT2D eigenvalue weighted by Gasteiger charge is -1.98. The summed E-state index contributed by atoms with van der Waals surface area (Å²) in [5, 5.41) is 8.65. The number of carboxylic acids is 1. The van der Waals surface area contributed by atoms with E-state index in [0.29, 0.717) is 0 Å². The molecule has 1 N–H and O–H groups in total. The number of hydrogen-bond acceptors (Lipinski definition) is 3. The van der Waals surface area contributed by atoms with Gasteiger partial charge in [0.2, 0.25) is 0 Å². The summed E-state index contributed by atoms with van der Waals surface area (Å²) >= 11 is 0. The van der Waals surface area contributed by atoms with Gasteiger partial charge in [0.1, 0.15) is 6.33 Å². The van der Waals surface area contributed by atoms with Crippen LogP contribution < -0.4 is 0 Å². The van der Waals surface area contributed by atoms with Crippen LogP contribution in [0, 0.1) is 0 Å². The summed E-state index contributed by atoms with van der Waals surface area (Å²) in [6.07, 6.45) is 6.17. The van der Waals surface area contributed by atoms with Crippen LogP contribution in [0.15, 0.2) is 37.1 Å². The van der Waals surface area contributed by atoms with E-state index in [1.807, 2.05) is 6.07 Å². The van der Waals surface area contributed by atoms with Crippen molar-refractivity contribution in [3.8, 4) is 5.69 Å². The van der Waals surface area contributed by atoms with Gasteiger partial charge < -0.3 is 9.67 Å². The smallest absolute Gasteiger partial charge is 0.356 e. The van der Waals surface area contributed by atoms with E-state index in [0.717, 1.165) is 5.69 Å². The minimum atomic E-state index is -1.03. The number of aromatic nitrogens is 3. The maximum atomic E-state index is 10.6. The Labute approximate surface area is 79.7 Å². The number of carbonyl (C=O) groups is 1. The molecule has 0 aromatic carbocycles. The van der Waals surface area contributed by atoms with Crippen molar-refractivity contribution in [3.05, 3.63) is 42.7 Å². The first-order chi connectivity index (χ1) is 6.77. The fourth-order valence-corrected chi connectivity index (χ4v) is 1.08. The van der Waals surface area contributed by atoms with Crippen LogP contribution in [0.4, 0.5) is 0 Å². The Morgan fingerprint density at radius 2 is 2.36 bits per heavy atom. The van der Waals surface area contributed by atoms with Gasteiger partial charge in [-0.3, -0.25) is 4.98 Å². The van der Waals surface area contributed by atoms with E-state index in [4.69, 9.17) is 5.11 Å². The fraction of sp³-hybridized carbons (Fsp3) is 0. The van der Waals surface area contributed by atoms with Crippen molar-refractivity contribution in [1.82, 2.24) is 14.5 Å². The third-order valence-corrected chi connectivity index (χ3v) is 1.75. The number of imidazole rings is 1. The highest BCUT2D eigenvalue weighted by molar-refractivity contribution is 5.85. The summed E-state index contributed by atoms with van der Waals surface area (Å²) in [5.74, 6) is -1.03. The average molecular weight is 189 g/mol. The summed E-state index contributed by atoms with van der Waals surface area (Å²) in [6, 6.07) is 3.59. The van der Waals surface area contributed by atoms with E-state index in [2.05, 4.69) is 9.97 Å². The number of rotatable bonds is 2. The molecule has 0 unspecified atom stereocenters. The molecule has 0 saturated heterocycles. The van der Waals surface area contributed by atoms with Crippen molar-refractivity contribution in [1.29, 1.82) is 0 Å². The van der Waals surface area contributed by atoms with E-state index in [1.165, 1.54) is 12.5 Å². The number of hydrogen-bond donors (Lipinski definition) is 1. The largest absolute Gasteiger partial charge is 0.476 e. The van der Waals surface area contributed by atoms with Crippen LogP contribution >= 0.6 is 0 Å². The molecule has 2 aromatic heterocycles. The normalized spacial score (nSPS) is 10.0. The van der Waals surface area contributed by atoms with Gasteiger partial charge in [-0.2, -0.15) is 0 Å². The van der Waals surface area contributed by atoms with Gasteiger partial charge >= 0.3 is 5.97 Å². The summed E-state index contributed by atoms with van der Waals surface area (Å²) in [5.41, 5.74) is 0.807. The lowest BCUT2D eigenvalue weighted by atomic mass is 10.4. The van der Waals surface area contributed by atoms with Crippen LogP contribution in [0.3, 0.4) is 0 Å². The molecule has 70 valence electrons. The Bertz CT molecular complexity index is 450. The van der Waals surface area contributed by atoms with Gasteiger partial charge in [-0.05, 0) is 12.1 Å². The molecule has 0 spiro atoms. The highest BCUT2D eigenvalue weighted by atomic mass is 16.4. The van der Waals surface area contributed by atoms with Gasteiger partial charge in [0, 0.05) is 12.4 Å². The molecular weight excluding hydrogens is 182 g/mol. The summed E-state index contributed by atoms with van der Waals surface area (Å²) in [7, 11) is 0. The Balaban J connectivity index is 2.39. The Kier molecular flexibility index (Phi) is 1.98. The highest BCUT2D eigenvalue weighted by Crippen LogP contribution is 2.06. The number of aromatic carboxylic acids is 1. The van der Waals surface area contributed by atoms with E-state index in [9.17, 15) is 4.79 Å². The van der Waals surface area contributed by atoms with Gasteiger partial charge in [0.15, 0.2) is 5.69 Å². The molecule has 0 amide bonds. The molecule has 5 heteroatoms. The van der Waals surface area contributed by atoms with Crippen molar-refractivity contribution in [3.63, 3.8) is 0 Å². The van der Waals surface area contributed by atoms with Crippen LogP contribution in [0.5, 0.6) is 0 Å². The molecular formula is C9H7N3O2. The van der Waals surface area contributed by atoms with Gasteiger partial charge in [-0.1, -0.05) is 0 Å². The van der Waals surface area contributed by atoms with E-state index < -0.39 is 5.97 Å². The molecule has 0 saturated carbocycles. The minimum Gasteiger partial charge on any atom is -0.476 e. The van der Waals surface area contributed by atoms with Crippen molar-refractivity contribution in [2.24, 2.45) is 0 Å². The molecule has 0 bridgehead atoms. The molecule has 2 rings (SSSR count). The van der Waals surface area contributed by atoms with Gasteiger partial charge in [0.05, 0.1) is 11.9 Å². The second kappa shape index (κ2) is 3.29. The summed E-state index contributed by atoms with van der Waals surface area (Å²) < 4.78 is 1.61. The third-order valence-electron chi connectivity index (χ3n) is 1.75. The van der Waals surface area contributed by atoms with Gasteiger partial charge in [-0.15, -0.1) is 0 Å². The van der Waals surface area contributed by atoms with Crippen molar-refractivity contribution in [2.45, 2.75) is 0 Å². The van der Waals surface area contributed by atoms with E-state index >= 15 is 0 Å². The standard InChI is InChI=1S/C9H7N3O2/c13-9(14)8-5-12(6-11-8)7-2-1-3-10-4-7/h1-6H,(H,13,14). The lowest BCUT2D eigenvalue weighted by molar-refractivity contribution is 0.0691. The Hall–Kier alpha value is -2.17. The first-order valence-electron chi connectivity index (χ1n) is 3.95. The number of pyridine rings is 1. The summed E-state index contributed by atoms with van der Waals surface area (Å²) in [6.45, 7) is 0. The molecule has 0 fully saturated rings. The maximum Gasteiger partial charge on any atom is 0.356 e. The van der Waals surface area contributed by atoms with Gasteiger partial charge in [0.25, 0.3) is 0 Å². The van der Waals surface area contributed by atoms with Crippen molar-refractivity contribution >= 4 is 5.97 Å². The van der Waals surface area contributed by atoms with Crippen LogP contribution in [-0.4, -0.2) is 25.6 Å². The zero-order chi connectivity index (χ0) is 9.97. The second-order valence-electron chi connectivity index (χ2n) is 2.68. The Morgan fingerprint density at radius 3 is 2.93 bits per heavy atom. The van der Waals surface area contributed by atoms with Gasteiger partial charge in [-0.25, -0.2) is 9.78 Å². The third kappa shape index (κ3) is 1.47. The molecule has 2 heterocycles. The zero-order valence-electron chi connectivity index (χ0n) is 7.16. The molecule has 0 aliphatic heterocycles. The molecule has 14 heavy (non-hydrogen) atoms. The number of nitrogens with zero attached hydrogens (tertiary/aromatic N) is 3. The minimum absolute atomic E-state index is 0.0221. The molecule has 2 aromatic rings. The fourth-order valence-electron chi connectivity index (χ4n) is 1.08. The van der Waals surface area contributed by atoms with Crippen LogP contribution in [0.2, 0.25) is 0 Å². The summed E-state index contributed by atoms with van der Waals surface area (Å²) in [4.78, 5) is 18.2. The zero-order valence-corrected chi connectivity index (χ0v) is 7.16. The van der Waals surface area contributed by atoms with Crippen LogP contribution in [-0.2, 0) is 0 Å². The molecule has 0 aliphatic rings. The quantitative estimate of drug-likeness (QED) is 0.764. The first-order valence-corrected chi connectivity index (χ1v) is 3.95. The molecule has 0 atom stereocenters. The lowest BCUT2D eigenvalue weighted by Crippen LogP contribution is -1.95. The predicted octanol–water partition coefficient (Wildman–Crippen LogP) is 0.965. The molecule has 0 aliphatic carbocycles. The van der Waals surface area contributed by atoms with E-state index in [1.54, 1.807) is 23.0 Å². The van der Waals surface area contributed by atoms with Crippen LogP contribution in [0.1, 0.15) is 10.5 Å². The Morgan fingerprint density at radius 1 is 1.50 bits per heavy atom. The highest BCUT2D eigenvalue weighted by Gasteiger charge is 2.06. The SMILES string of the molecule is O=C(O)c1cn(-c2cccnc2)cn1. The first kappa shape index (κ1) is 8.43. The van der Waals surface area contributed by atoms with Crippen LogP contribution in [0.25, 0.3) is 5.69 Å². The number of carboxylic acid groups (broad SMARTS) is 1. The van der Waals surface area contributed by atoms with Crippen molar-refractivity contribution < 1.29 is 9.90 Å².